The van der Waals surface area contributed by atoms with Gasteiger partial charge in [0.15, 0.2) is 5.78 Å². The van der Waals surface area contributed by atoms with Crippen molar-refractivity contribution in [1.29, 1.82) is 0 Å². The monoisotopic (exact) mass is 856 g/mol. The third-order valence-electron chi connectivity index (χ3n) is 9.20. The number of fused-ring (bicyclic) bond motifs is 2. The van der Waals surface area contributed by atoms with Gasteiger partial charge in [0.05, 0.1) is 14.7 Å². The Bertz CT molecular complexity index is 2880. The third-order valence-corrected chi connectivity index (χ3v) is 11.8. The van der Waals surface area contributed by atoms with E-state index in [0.717, 1.165) is 0 Å². The minimum atomic E-state index is -4.46. The first-order chi connectivity index (χ1) is 27.8. The summed E-state index contributed by atoms with van der Waals surface area (Å²) in [5.41, 5.74) is 3.66. The van der Waals surface area contributed by atoms with Crippen molar-refractivity contribution in [3.8, 4) is 0 Å². The van der Waals surface area contributed by atoms with Crippen LogP contribution in [0.3, 0.4) is 0 Å². The Morgan fingerprint density at radius 2 is 1.03 bits per heavy atom. The van der Waals surface area contributed by atoms with E-state index in [2.05, 4.69) is 27.7 Å². The van der Waals surface area contributed by atoms with Crippen LogP contribution in [-0.2, 0) is 45.6 Å². The lowest BCUT2D eigenvalue weighted by molar-refractivity contribution is -0.111. The van der Waals surface area contributed by atoms with Crippen molar-refractivity contribution < 1.29 is 48.5 Å². The van der Waals surface area contributed by atoms with Gasteiger partial charge in [0, 0.05) is 63.3 Å². The Morgan fingerprint density at radius 3 is 1.47 bits per heavy atom. The third kappa shape index (κ3) is 9.50. The van der Waals surface area contributed by atoms with E-state index in [1.807, 2.05) is 0 Å². The van der Waals surface area contributed by atoms with Crippen LogP contribution in [0.4, 0.5) is 28.4 Å². The highest BCUT2D eigenvalue weighted by Gasteiger charge is 2.42. The average molecular weight is 857 g/mol. The lowest BCUT2D eigenvalue weighted by Crippen LogP contribution is -2.33. The molecular weight excluding hydrogens is 821 g/mol. The number of nitrogens with one attached hydrogen (secondary N) is 3. The topological polar surface area (TPSA) is 238 Å². The molecule has 6 rings (SSSR count). The van der Waals surface area contributed by atoms with Gasteiger partial charge in [-0.3, -0.25) is 18.5 Å². The number of allylic oxidation sites excluding steroid dienone is 2. The van der Waals surface area contributed by atoms with Gasteiger partial charge in [0.25, 0.3) is 30.4 Å². The van der Waals surface area contributed by atoms with E-state index in [-0.39, 0.29) is 26.2 Å². The van der Waals surface area contributed by atoms with Crippen LogP contribution in [0.15, 0.2) is 165 Å². The van der Waals surface area contributed by atoms with Gasteiger partial charge in [-0.15, -0.1) is 0 Å². The minimum absolute atomic E-state index is 0.0829. The summed E-state index contributed by atoms with van der Waals surface area (Å²) in [4.78, 5) is 18.0. The van der Waals surface area contributed by atoms with Crippen LogP contribution in [0.2, 0.25) is 0 Å². The number of anilines is 5. The standard InChI is InChI=1S/C41H36N4O11S3/c1-4-28-7-23-39(43-33-13-19-36(20-14-33)58(50,51)52)38-25-30(8-24-40(38)44-34-15-21-37(22-16-34)59(53,54)55)41(28,56-45-26(2)27(3)46)29-5-9-31(10-6-29)42-32-11-17-35(18-12-32)57(47,48)49/h4-25,42-44H,1H2,2-3H3,(H,47,48,49)(H,50,51,52)(H,53,54,55)/b28-7+,39-23+,45-26+/t41-/m0/s1. The first-order valence-corrected chi connectivity index (χ1v) is 21.7. The molecule has 0 spiro atoms. The fraction of sp³-hybridized carbons (Fsp3) is 0.0732. The van der Waals surface area contributed by atoms with Gasteiger partial charge in [-0.25, -0.2) is 0 Å². The molecule has 2 bridgehead atoms. The molecule has 18 heteroatoms. The summed E-state index contributed by atoms with van der Waals surface area (Å²) < 4.78 is 98.3. The summed E-state index contributed by atoms with van der Waals surface area (Å²) in [6, 6.07) is 28.7. The largest absolute Gasteiger partial charge is 0.374 e. The molecule has 0 amide bonds. The molecule has 6 N–H and O–H groups in total. The molecule has 1 atom stereocenters. The average Bonchev–Trinajstić information content (AvgIpc) is 3.18. The maximum Gasteiger partial charge on any atom is 0.294 e. The Morgan fingerprint density at radius 1 is 0.610 bits per heavy atom. The molecule has 0 saturated heterocycles. The number of carbonyl (C=O) groups excluding carboxylic acids is 1. The number of oxime groups is 1. The number of ketones is 1. The second kappa shape index (κ2) is 16.5. The van der Waals surface area contributed by atoms with Gasteiger partial charge in [-0.1, -0.05) is 42.1 Å². The molecule has 0 saturated carbocycles. The van der Waals surface area contributed by atoms with E-state index in [9.17, 15) is 43.7 Å². The van der Waals surface area contributed by atoms with Crippen molar-refractivity contribution in [2.24, 2.45) is 5.16 Å². The predicted molar refractivity (Wildman–Crippen MR) is 224 cm³/mol. The Kier molecular flexibility index (Phi) is 11.8. The van der Waals surface area contributed by atoms with Crippen molar-refractivity contribution in [3.63, 3.8) is 0 Å². The number of hydrogen-bond acceptors (Lipinski definition) is 12. The van der Waals surface area contributed by atoms with Crippen LogP contribution in [0.25, 0.3) is 5.70 Å². The van der Waals surface area contributed by atoms with Crippen LogP contribution >= 0.6 is 0 Å². The second-order valence-corrected chi connectivity index (χ2v) is 17.4. The SMILES string of the molecule is C=C/C1=C\C=C(\Nc2ccc(S(=O)(=O)O)cc2)c2cc(ccc2Nc2ccc(S(=O)(=O)O)cc2)[C@@]1(O/N=C(\C)C(C)=O)c1ccc(Nc2ccc(S(=O)(=O)O)cc2)cc1. The summed E-state index contributed by atoms with van der Waals surface area (Å²) in [5, 5.41) is 14.0. The summed E-state index contributed by atoms with van der Waals surface area (Å²) in [5.74, 6) is -0.332. The molecule has 0 unspecified atom stereocenters. The van der Waals surface area contributed by atoms with E-state index in [1.165, 1.54) is 86.6 Å². The molecular formula is C41H36N4O11S3. The summed E-state index contributed by atoms with van der Waals surface area (Å²) in [6.07, 6.45) is 5.03. The first-order valence-electron chi connectivity index (χ1n) is 17.4. The molecule has 304 valence electrons. The number of nitrogens with zero attached hydrogens (tertiary/aromatic N) is 1. The predicted octanol–water partition coefficient (Wildman–Crippen LogP) is 7.72. The van der Waals surface area contributed by atoms with Crippen molar-refractivity contribution in [1.82, 2.24) is 0 Å². The normalized spacial score (nSPS) is 17.5. The molecule has 5 aromatic rings. The van der Waals surface area contributed by atoms with E-state index < -0.39 is 36.0 Å². The van der Waals surface area contributed by atoms with E-state index in [0.29, 0.717) is 56.4 Å². The number of hydrogen-bond donors (Lipinski definition) is 6. The molecule has 5 aromatic carbocycles. The zero-order valence-electron chi connectivity index (χ0n) is 31.2. The lowest BCUT2D eigenvalue weighted by Gasteiger charge is -2.35. The fourth-order valence-electron chi connectivity index (χ4n) is 6.05. The minimum Gasteiger partial charge on any atom is -0.374 e. The summed E-state index contributed by atoms with van der Waals surface area (Å²) in [7, 11) is -13.3. The highest BCUT2D eigenvalue weighted by molar-refractivity contribution is 7.86. The van der Waals surface area contributed by atoms with Gasteiger partial charge in [0.2, 0.25) is 5.60 Å². The smallest absolute Gasteiger partial charge is 0.294 e. The van der Waals surface area contributed by atoms with E-state index >= 15 is 0 Å². The van der Waals surface area contributed by atoms with Crippen LogP contribution in [-0.4, -0.2) is 50.4 Å². The maximum absolute atomic E-state index is 12.4. The molecule has 0 heterocycles. The van der Waals surface area contributed by atoms with Gasteiger partial charge in [0.1, 0.15) is 5.71 Å². The first kappa shape index (κ1) is 42.2. The quantitative estimate of drug-likeness (QED) is 0.0356. The molecule has 0 aliphatic heterocycles. The number of rotatable bonds is 14. The molecule has 0 radical (unpaired) electrons. The maximum atomic E-state index is 12.4. The highest BCUT2D eigenvalue weighted by atomic mass is 32.2. The van der Waals surface area contributed by atoms with Crippen molar-refractivity contribution in [2.75, 3.05) is 16.0 Å². The zero-order valence-corrected chi connectivity index (χ0v) is 33.6. The number of carbonyl (C=O) groups is 1. The molecule has 59 heavy (non-hydrogen) atoms. The van der Waals surface area contributed by atoms with Crippen molar-refractivity contribution in [3.05, 3.63) is 162 Å². The van der Waals surface area contributed by atoms with E-state index in [4.69, 9.17) is 4.84 Å². The van der Waals surface area contributed by atoms with Gasteiger partial charge in [-0.05, 0) is 110 Å². The molecule has 15 nitrogen and oxygen atoms in total. The van der Waals surface area contributed by atoms with Crippen LogP contribution in [0.1, 0.15) is 30.5 Å². The van der Waals surface area contributed by atoms with Gasteiger partial charge >= 0.3 is 0 Å². The van der Waals surface area contributed by atoms with Crippen LogP contribution in [0, 0.1) is 0 Å². The molecule has 1 aliphatic carbocycles. The Balaban J connectivity index is 1.50. The molecule has 0 aromatic heterocycles. The van der Waals surface area contributed by atoms with Crippen LogP contribution < -0.4 is 16.0 Å². The van der Waals surface area contributed by atoms with Gasteiger partial charge in [-0.2, -0.15) is 25.3 Å². The summed E-state index contributed by atoms with van der Waals surface area (Å²) >= 11 is 0. The highest BCUT2D eigenvalue weighted by Crippen LogP contribution is 2.46. The van der Waals surface area contributed by atoms with Crippen molar-refractivity contribution >= 4 is 76.0 Å². The molecule has 1 aliphatic rings. The summed E-state index contributed by atoms with van der Waals surface area (Å²) in [6.45, 7) is 6.94. The Hall–Kier alpha value is -6.41. The molecule has 0 fully saturated rings. The second-order valence-electron chi connectivity index (χ2n) is 13.1. The zero-order chi connectivity index (χ0) is 42.8. The lowest BCUT2D eigenvalue weighted by atomic mass is 9.77. The van der Waals surface area contributed by atoms with Crippen molar-refractivity contribution in [2.45, 2.75) is 34.1 Å². The van der Waals surface area contributed by atoms with Gasteiger partial charge < -0.3 is 20.8 Å². The van der Waals surface area contributed by atoms with E-state index in [1.54, 1.807) is 60.7 Å². The number of benzene rings is 5. The number of Topliss-reactive ketones (excluding diaryl/α,β-unsaturated/α-hetero) is 1. The van der Waals surface area contributed by atoms with Crippen LogP contribution in [0.5, 0.6) is 0 Å². The fourth-order valence-corrected chi connectivity index (χ4v) is 7.49. The Labute approximate surface area is 340 Å².